The molecule has 2 heterocycles. The van der Waals surface area contributed by atoms with Gasteiger partial charge in [0.1, 0.15) is 29.1 Å². The lowest BCUT2D eigenvalue weighted by Gasteiger charge is -2.38. The number of ether oxygens (including phenoxy) is 2. The summed E-state index contributed by atoms with van der Waals surface area (Å²) in [5, 5.41) is 19.5. The van der Waals surface area contributed by atoms with Crippen molar-refractivity contribution in [3.63, 3.8) is 0 Å². The number of benzene rings is 2. The van der Waals surface area contributed by atoms with Crippen molar-refractivity contribution in [3.8, 4) is 23.3 Å². The van der Waals surface area contributed by atoms with E-state index in [1.807, 2.05) is 6.07 Å². The molecule has 1 saturated heterocycles. The van der Waals surface area contributed by atoms with E-state index < -0.39 is 32.7 Å². The molecule has 0 radical (unpaired) electrons. The molecule has 1 aliphatic rings. The van der Waals surface area contributed by atoms with Crippen LogP contribution in [0.5, 0.6) is 17.2 Å². The largest absolute Gasteiger partial charge is 0.573 e. The molecule has 11 nitrogen and oxygen atoms in total. The average Bonchev–Trinajstić information content (AvgIpc) is 2.93. The van der Waals surface area contributed by atoms with Crippen molar-refractivity contribution in [3.05, 3.63) is 60.4 Å². The van der Waals surface area contributed by atoms with Crippen LogP contribution in [0.1, 0.15) is 18.5 Å². The van der Waals surface area contributed by atoms with E-state index in [9.17, 15) is 36.8 Å². The molecule has 15 heteroatoms. The minimum atomic E-state index is -4.83. The highest BCUT2D eigenvalue weighted by Crippen LogP contribution is 2.38. The van der Waals surface area contributed by atoms with Crippen molar-refractivity contribution in [2.24, 2.45) is 0 Å². The second kappa shape index (κ2) is 11.1. The number of rotatable bonds is 8. The van der Waals surface area contributed by atoms with Gasteiger partial charge in [0.25, 0.3) is 0 Å². The number of alkyl halides is 3. The lowest BCUT2D eigenvalue weighted by molar-refractivity contribution is -0.274. The highest BCUT2D eigenvalue weighted by molar-refractivity contribution is 7.93. The quantitative estimate of drug-likeness (QED) is 0.406. The Hall–Kier alpha value is -4.58. The molecule has 0 spiro atoms. The minimum absolute atomic E-state index is 0.0433. The molecule has 2 aromatic carbocycles. The predicted molar refractivity (Wildman–Crippen MR) is 140 cm³/mol. The van der Waals surface area contributed by atoms with Crippen LogP contribution < -0.4 is 19.3 Å². The first kappa shape index (κ1) is 29.4. The molecule has 4 rings (SSSR count). The molecular weight excluding hydrogens is 567 g/mol. The molecular formula is C26H24F3N5O6S. The predicted octanol–water partition coefficient (Wildman–Crippen LogP) is 4.00. The summed E-state index contributed by atoms with van der Waals surface area (Å²) in [6.07, 6.45) is -3.86. The molecule has 0 aliphatic carbocycles. The summed E-state index contributed by atoms with van der Waals surface area (Å²) in [5.41, 5.74) is 0.0862. The van der Waals surface area contributed by atoms with Gasteiger partial charge in [-0.2, -0.15) is 5.26 Å². The monoisotopic (exact) mass is 591 g/mol. The maximum atomic E-state index is 13.6. The Balaban J connectivity index is 1.49. The molecule has 1 aromatic heterocycles. The highest BCUT2D eigenvalue weighted by atomic mass is 32.2. The van der Waals surface area contributed by atoms with Crippen molar-refractivity contribution in [2.75, 3.05) is 37.0 Å². The summed E-state index contributed by atoms with van der Waals surface area (Å²) < 4.78 is 71.5. The summed E-state index contributed by atoms with van der Waals surface area (Å²) in [7, 11) is -0.946. The van der Waals surface area contributed by atoms with Crippen molar-refractivity contribution in [1.29, 1.82) is 5.26 Å². The second-order valence-electron chi connectivity index (χ2n) is 9.29. The SMILES string of the molecule is CN(C)c1ncc(N2CCC(C(=O)O)(S(=O)(=O)c3ccc(Oc4ccc(OC(F)(F)F)cc4)cc3)CC2)nc1C#N. The molecule has 41 heavy (non-hydrogen) atoms. The average molecular weight is 592 g/mol. The van der Waals surface area contributed by atoms with Gasteiger partial charge in [-0.05, 0) is 61.4 Å². The molecule has 0 bridgehead atoms. The van der Waals surface area contributed by atoms with Crippen LogP contribution in [-0.2, 0) is 14.6 Å². The van der Waals surface area contributed by atoms with Gasteiger partial charge in [0.05, 0.1) is 11.1 Å². The number of aliphatic carboxylic acids is 1. The number of sulfone groups is 1. The number of piperidine rings is 1. The Morgan fingerprint density at radius 3 is 2.07 bits per heavy atom. The number of carboxylic acids is 1. The molecule has 3 aromatic rings. The molecule has 216 valence electrons. The maximum Gasteiger partial charge on any atom is 0.573 e. The fourth-order valence-corrected chi connectivity index (χ4v) is 6.28. The first-order valence-corrected chi connectivity index (χ1v) is 13.6. The maximum absolute atomic E-state index is 13.6. The van der Waals surface area contributed by atoms with E-state index in [1.54, 1.807) is 23.9 Å². The van der Waals surface area contributed by atoms with Crippen LogP contribution in [0.2, 0.25) is 0 Å². The van der Waals surface area contributed by atoms with Crippen molar-refractivity contribution in [2.45, 2.75) is 28.8 Å². The molecule has 1 aliphatic heterocycles. The van der Waals surface area contributed by atoms with Gasteiger partial charge in [0.2, 0.25) is 0 Å². The zero-order valence-corrected chi connectivity index (χ0v) is 22.6. The van der Waals surface area contributed by atoms with Gasteiger partial charge in [-0.15, -0.1) is 13.2 Å². The van der Waals surface area contributed by atoms with E-state index in [0.29, 0.717) is 11.6 Å². The van der Waals surface area contributed by atoms with Gasteiger partial charge >= 0.3 is 12.3 Å². The third kappa shape index (κ3) is 6.12. The first-order chi connectivity index (χ1) is 19.3. The van der Waals surface area contributed by atoms with Crippen LogP contribution in [-0.4, -0.2) is 67.8 Å². The first-order valence-electron chi connectivity index (χ1n) is 12.1. The smallest absolute Gasteiger partial charge is 0.480 e. The standard InChI is InChI=1S/C26H24F3N5O6S/c1-33(2)23-21(15-30)32-22(16-31-23)34-13-11-25(12-14-34,24(35)36)41(37,38)20-9-7-18(8-10-20)39-17-3-5-19(6-4-17)40-26(27,28)29/h3-10,16H,11-14H2,1-2H3,(H,35,36). The van der Waals surface area contributed by atoms with Crippen molar-refractivity contribution >= 4 is 27.4 Å². The topological polar surface area (TPSA) is 146 Å². The summed E-state index contributed by atoms with van der Waals surface area (Å²) in [4.78, 5) is 24.1. The zero-order chi connectivity index (χ0) is 30.0. The third-order valence-electron chi connectivity index (χ3n) is 6.50. The Kier molecular flexibility index (Phi) is 7.98. The molecule has 0 amide bonds. The molecule has 1 fully saturated rings. The van der Waals surface area contributed by atoms with Crippen LogP contribution in [0.15, 0.2) is 59.6 Å². The van der Waals surface area contributed by atoms with Crippen molar-refractivity contribution < 1.29 is 41.0 Å². The van der Waals surface area contributed by atoms with Crippen LogP contribution in [0, 0.1) is 11.3 Å². The summed E-state index contributed by atoms with van der Waals surface area (Å²) in [6.45, 7) is 0.0866. The van der Waals surface area contributed by atoms with E-state index in [0.717, 1.165) is 12.1 Å². The van der Waals surface area contributed by atoms with Crippen LogP contribution in [0.3, 0.4) is 0 Å². The summed E-state index contributed by atoms with van der Waals surface area (Å²) in [6, 6.07) is 11.7. The Morgan fingerprint density at radius 2 is 1.59 bits per heavy atom. The molecule has 0 unspecified atom stereocenters. The van der Waals surface area contributed by atoms with Gasteiger partial charge in [-0.3, -0.25) is 4.79 Å². The fraction of sp³-hybridized carbons (Fsp3) is 0.308. The molecule has 0 atom stereocenters. The number of anilines is 2. The lowest BCUT2D eigenvalue weighted by atomic mass is 9.96. The van der Waals surface area contributed by atoms with Gasteiger partial charge < -0.3 is 24.4 Å². The van der Waals surface area contributed by atoms with Gasteiger partial charge in [-0.1, -0.05) is 0 Å². The van der Waals surface area contributed by atoms with E-state index in [-0.39, 0.29) is 48.0 Å². The summed E-state index contributed by atoms with van der Waals surface area (Å²) >= 11 is 0. The number of carbonyl (C=O) groups is 1. The highest BCUT2D eigenvalue weighted by Gasteiger charge is 2.53. The van der Waals surface area contributed by atoms with E-state index in [4.69, 9.17) is 4.74 Å². The summed E-state index contributed by atoms with van der Waals surface area (Å²) in [5.74, 6) is -0.852. The minimum Gasteiger partial charge on any atom is -0.480 e. The van der Waals surface area contributed by atoms with Crippen LogP contribution in [0.4, 0.5) is 24.8 Å². The number of halogens is 3. The number of carboxylic acid groups (broad SMARTS) is 1. The zero-order valence-electron chi connectivity index (χ0n) is 21.8. The molecule has 0 saturated carbocycles. The van der Waals surface area contributed by atoms with Gasteiger partial charge in [0, 0.05) is 27.2 Å². The third-order valence-corrected chi connectivity index (χ3v) is 9.00. The number of hydrogen-bond donors (Lipinski definition) is 1. The van der Waals surface area contributed by atoms with E-state index in [2.05, 4.69) is 14.7 Å². The Morgan fingerprint density at radius 1 is 1.05 bits per heavy atom. The number of nitrogens with zero attached hydrogens (tertiary/aromatic N) is 5. The van der Waals surface area contributed by atoms with E-state index >= 15 is 0 Å². The van der Waals surface area contributed by atoms with Crippen LogP contribution >= 0.6 is 0 Å². The Bertz CT molecular complexity index is 1570. The fourth-order valence-electron chi connectivity index (χ4n) is 4.38. The van der Waals surface area contributed by atoms with Gasteiger partial charge in [-0.25, -0.2) is 18.4 Å². The van der Waals surface area contributed by atoms with Crippen molar-refractivity contribution in [1.82, 2.24) is 9.97 Å². The lowest BCUT2D eigenvalue weighted by Crippen LogP contribution is -2.54. The van der Waals surface area contributed by atoms with E-state index in [1.165, 1.54) is 42.6 Å². The number of nitriles is 1. The molecule has 1 N–H and O–H groups in total. The normalized spacial score (nSPS) is 15.1. The number of aromatic nitrogens is 2. The Labute approximate surface area is 233 Å². The second-order valence-corrected chi connectivity index (χ2v) is 11.5. The van der Waals surface area contributed by atoms with Gasteiger partial charge in [0.15, 0.2) is 26.1 Å². The van der Waals surface area contributed by atoms with Crippen LogP contribution in [0.25, 0.3) is 0 Å². The number of hydrogen-bond acceptors (Lipinski definition) is 10.